The Morgan fingerprint density at radius 3 is 2.65 bits per heavy atom. The van der Waals surface area contributed by atoms with Gasteiger partial charge in [-0.25, -0.2) is 0 Å². The third kappa shape index (κ3) is 6.64. The van der Waals surface area contributed by atoms with E-state index in [0.29, 0.717) is 12.3 Å². The van der Waals surface area contributed by atoms with Crippen molar-refractivity contribution < 1.29 is 14.6 Å². The first-order valence-electron chi connectivity index (χ1n) is 6.74. The van der Waals surface area contributed by atoms with Crippen molar-refractivity contribution in [1.82, 2.24) is 4.90 Å². The first-order valence-corrected chi connectivity index (χ1v) is 6.74. The number of ether oxygens (including phenoxy) is 1. The van der Waals surface area contributed by atoms with Crippen LogP contribution in [0.2, 0.25) is 0 Å². The van der Waals surface area contributed by atoms with Crippen molar-refractivity contribution in [3.63, 3.8) is 0 Å². The van der Waals surface area contributed by atoms with E-state index in [9.17, 15) is 4.79 Å². The second-order valence-electron chi connectivity index (χ2n) is 4.83. The van der Waals surface area contributed by atoms with Gasteiger partial charge in [-0.3, -0.25) is 4.79 Å². The Labute approximate surface area is 104 Å². The normalized spacial score (nSPS) is 18.4. The fourth-order valence-corrected chi connectivity index (χ4v) is 2.27. The summed E-state index contributed by atoms with van der Waals surface area (Å²) in [6, 6.07) is 0. The van der Waals surface area contributed by atoms with Crippen molar-refractivity contribution in [2.75, 3.05) is 32.8 Å². The molecule has 1 saturated heterocycles. The molecule has 0 spiro atoms. The molecule has 0 saturated carbocycles. The Kier molecular flexibility index (Phi) is 7.21. The molecule has 0 atom stereocenters. The maximum atomic E-state index is 10.5. The molecule has 0 bridgehead atoms. The van der Waals surface area contributed by atoms with Gasteiger partial charge in [0.2, 0.25) is 0 Å². The van der Waals surface area contributed by atoms with E-state index in [4.69, 9.17) is 9.84 Å². The van der Waals surface area contributed by atoms with Crippen LogP contribution in [0, 0.1) is 5.92 Å². The molecule has 0 aromatic rings. The molecule has 4 nitrogen and oxygen atoms in total. The van der Waals surface area contributed by atoms with E-state index < -0.39 is 5.97 Å². The van der Waals surface area contributed by atoms with Crippen LogP contribution in [0.25, 0.3) is 0 Å². The molecule has 100 valence electrons. The number of nitrogens with zero attached hydrogens (tertiary/aromatic N) is 1. The van der Waals surface area contributed by atoms with Crippen LogP contribution < -0.4 is 0 Å². The maximum Gasteiger partial charge on any atom is 0.303 e. The predicted molar refractivity (Wildman–Crippen MR) is 67.1 cm³/mol. The molecule has 0 amide bonds. The highest BCUT2D eigenvalue weighted by Crippen LogP contribution is 2.21. The minimum atomic E-state index is -0.666. The first-order chi connectivity index (χ1) is 8.22. The Balaban J connectivity index is 2.03. The third-order valence-corrected chi connectivity index (χ3v) is 3.37. The number of carbonyl (C=O) groups is 1. The van der Waals surface area contributed by atoms with Crippen LogP contribution in [0.4, 0.5) is 0 Å². The fraction of sp³-hybridized carbons (Fsp3) is 0.923. The van der Waals surface area contributed by atoms with Gasteiger partial charge in [0.1, 0.15) is 0 Å². The Morgan fingerprint density at radius 1 is 1.35 bits per heavy atom. The monoisotopic (exact) mass is 243 g/mol. The quantitative estimate of drug-likeness (QED) is 0.662. The summed E-state index contributed by atoms with van der Waals surface area (Å²) in [5.41, 5.74) is 0. The number of carboxylic acids is 1. The Morgan fingerprint density at radius 2 is 2.06 bits per heavy atom. The van der Waals surface area contributed by atoms with Gasteiger partial charge >= 0.3 is 5.97 Å². The molecule has 0 aromatic carbocycles. The number of hydrogen-bond acceptors (Lipinski definition) is 3. The van der Waals surface area contributed by atoms with E-state index in [1.54, 1.807) is 0 Å². The zero-order chi connectivity index (χ0) is 12.5. The lowest BCUT2D eigenvalue weighted by Gasteiger charge is -2.31. The molecular weight excluding hydrogens is 218 g/mol. The van der Waals surface area contributed by atoms with Gasteiger partial charge in [0, 0.05) is 19.6 Å². The van der Waals surface area contributed by atoms with Crippen molar-refractivity contribution in [1.29, 1.82) is 0 Å². The molecule has 0 unspecified atom stereocenters. The summed E-state index contributed by atoms with van der Waals surface area (Å²) >= 11 is 0. The van der Waals surface area contributed by atoms with Crippen LogP contribution in [0.5, 0.6) is 0 Å². The largest absolute Gasteiger partial charge is 0.481 e. The summed E-state index contributed by atoms with van der Waals surface area (Å²) in [7, 11) is 0. The number of rotatable bonds is 8. The summed E-state index contributed by atoms with van der Waals surface area (Å²) in [4.78, 5) is 12.9. The second kappa shape index (κ2) is 8.48. The average Bonchev–Trinajstić information content (AvgIpc) is 2.33. The maximum absolute atomic E-state index is 10.5. The Bertz CT molecular complexity index is 213. The molecule has 17 heavy (non-hydrogen) atoms. The predicted octanol–water partition coefficient (Wildman–Crippen LogP) is 1.99. The average molecular weight is 243 g/mol. The van der Waals surface area contributed by atoms with Crippen LogP contribution in [0.1, 0.15) is 39.0 Å². The van der Waals surface area contributed by atoms with Gasteiger partial charge in [-0.1, -0.05) is 6.92 Å². The lowest BCUT2D eigenvalue weighted by molar-refractivity contribution is -0.137. The van der Waals surface area contributed by atoms with Gasteiger partial charge in [0.15, 0.2) is 0 Å². The first kappa shape index (κ1) is 14.5. The number of hydrogen-bond donors (Lipinski definition) is 1. The number of piperidine rings is 1. The Hall–Kier alpha value is -0.610. The second-order valence-corrected chi connectivity index (χ2v) is 4.83. The van der Waals surface area contributed by atoms with Gasteiger partial charge in [-0.2, -0.15) is 0 Å². The van der Waals surface area contributed by atoms with E-state index in [-0.39, 0.29) is 0 Å². The van der Waals surface area contributed by atoms with Gasteiger partial charge in [0.05, 0.1) is 6.61 Å². The molecule has 1 heterocycles. The molecule has 0 aromatic heterocycles. The molecular formula is C13H25NO3. The van der Waals surface area contributed by atoms with Crippen LogP contribution in [0.3, 0.4) is 0 Å². The topological polar surface area (TPSA) is 49.8 Å². The lowest BCUT2D eigenvalue weighted by atomic mass is 9.92. The van der Waals surface area contributed by atoms with Gasteiger partial charge in [-0.05, 0) is 44.7 Å². The van der Waals surface area contributed by atoms with Crippen molar-refractivity contribution in [2.45, 2.75) is 39.0 Å². The van der Waals surface area contributed by atoms with Gasteiger partial charge in [-0.15, -0.1) is 0 Å². The lowest BCUT2D eigenvalue weighted by Crippen LogP contribution is -2.36. The minimum Gasteiger partial charge on any atom is -0.481 e. The minimum absolute atomic E-state index is 0.324. The van der Waals surface area contributed by atoms with Crippen molar-refractivity contribution in [3.8, 4) is 0 Å². The van der Waals surface area contributed by atoms with Crippen LogP contribution in [-0.4, -0.2) is 48.8 Å². The van der Waals surface area contributed by atoms with Gasteiger partial charge < -0.3 is 14.7 Å². The SMILES string of the molecule is CCCOCCN1CCC(CCC(=O)O)CC1. The highest BCUT2D eigenvalue weighted by molar-refractivity contribution is 5.66. The van der Waals surface area contributed by atoms with Crippen LogP contribution >= 0.6 is 0 Å². The van der Waals surface area contributed by atoms with E-state index >= 15 is 0 Å². The molecule has 1 rings (SSSR count). The highest BCUT2D eigenvalue weighted by atomic mass is 16.5. The number of carboxylic acid groups (broad SMARTS) is 1. The van der Waals surface area contributed by atoms with Crippen LogP contribution in [-0.2, 0) is 9.53 Å². The van der Waals surface area contributed by atoms with Crippen molar-refractivity contribution in [2.24, 2.45) is 5.92 Å². The van der Waals surface area contributed by atoms with E-state index in [2.05, 4.69) is 11.8 Å². The molecule has 1 fully saturated rings. The molecule has 0 aliphatic carbocycles. The summed E-state index contributed by atoms with van der Waals surface area (Å²) in [6.45, 7) is 7.02. The zero-order valence-corrected chi connectivity index (χ0v) is 10.9. The standard InChI is InChI=1S/C13H25NO3/c1-2-10-17-11-9-14-7-5-12(6-8-14)3-4-13(15)16/h12H,2-11H2,1H3,(H,15,16). The molecule has 1 N–H and O–H groups in total. The summed E-state index contributed by atoms with van der Waals surface area (Å²) in [5, 5.41) is 8.64. The molecule has 1 aliphatic rings. The molecule has 0 radical (unpaired) electrons. The third-order valence-electron chi connectivity index (χ3n) is 3.37. The van der Waals surface area contributed by atoms with Crippen LogP contribution in [0.15, 0.2) is 0 Å². The summed E-state index contributed by atoms with van der Waals surface area (Å²) < 4.78 is 5.47. The molecule has 4 heteroatoms. The van der Waals surface area contributed by atoms with E-state index in [0.717, 1.165) is 58.5 Å². The highest BCUT2D eigenvalue weighted by Gasteiger charge is 2.19. The van der Waals surface area contributed by atoms with Crippen molar-refractivity contribution in [3.05, 3.63) is 0 Å². The van der Waals surface area contributed by atoms with E-state index in [1.165, 1.54) is 0 Å². The molecule has 1 aliphatic heterocycles. The summed E-state index contributed by atoms with van der Waals surface area (Å²) in [5.74, 6) is -0.0562. The van der Waals surface area contributed by atoms with Gasteiger partial charge in [0.25, 0.3) is 0 Å². The number of aliphatic carboxylic acids is 1. The number of likely N-dealkylation sites (tertiary alicyclic amines) is 1. The zero-order valence-electron chi connectivity index (χ0n) is 10.9. The van der Waals surface area contributed by atoms with E-state index in [1.807, 2.05) is 0 Å². The van der Waals surface area contributed by atoms with Crippen molar-refractivity contribution >= 4 is 5.97 Å². The smallest absolute Gasteiger partial charge is 0.303 e. The fourth-order valence-electron chi connectivity index (χ4n) is 2.27. The summed E-state index contributed by atoms with van der Waals surface area (Å²) in [6.07, 6.45) is 4.53.